The van der Waals surface area contributed by atoms with Crippen LogP contribution in [-0.4, -0.2) is 46.7 Å². The minimum absolute atomic E-state index is 0.00410. The summed E-state index contributed by atoms with van der Waals surface area (Å²) in [5.41, 5.74) is 1.56. The normalized spacial score (nSPS) is 13.1. The number of esters is 1. The maximum absolute atomic E-state index is 13.5. The minimum atomic E-state index is -0.589. The monoisotopic (exact) mass is 507 g/mol. The first-order valence-electron chi connectivity index (χ1n) is 11.6. The van der Waals surface area contributed by atoms with Crippen molar-refractivity contribution in [3.63, 3.8) is 0 Å². The van der Waals surface area contributed by atoms with Gasteiger partial charge in [-0.05, 0) is 49.4 Å². The van der Waals surface area contributed by atoms with Crippen LogP contribution in [-0.2, 0) is 28.9 Å². The number of amides is 1. The van der Waals surface area contributed by atoms with Crippen LogP contribution in [0.1, 0.15) is 44.0 Å². The molecular formula is C25H25N5O5S. The SMILES string of the molecule is COCCn1c(=N)c(C(=O)Nc2sc3c(c2C(=O)OC)CCCC3)cc2c(=O)n3ccccc3nc21. The number of nitrogens with one attached hydrogen (secondary N) is 2. The van der Waals surface area contributed by atoms with Gasteiger partial charge < -0.3 is 19.4 Å². The number of aryl methyl sites for hydroxylation is 1. The van der Waals surface area contributed by atoms with Crippen LogP contribution >= 0.6 is 11.3 Å². The quantitative estimate of drug-likeness (QED) is 0.305. The van der Waals surface area contributed by atoms with Gasteiger partial charge in [-0.3, -0.25) is 19.4 Å². The highest BCUT2D eigenvalue weighted by Crippen LogP contribution is 2.38. The molecule has 36 heavy (non-hydrogen) atoms. The lowest BCUT2D eigenvalue weighted by Crippen LogP contribution is -2.33. The van der Waals surface area contributed by atoms with Gasteiger partial charge in [0.2, 0.25) is 0 Å². The lowest BCUT2D eigenvalue weighted by Gasteiger charge is -2.14. The molecule has 4 heterocycles. The highest BCUT2D eigenvalue weighted by Gasteiger charge is 2.28. The molecule has 0 unspecified atom stereocenters. The molecule has 4 aromatic heterocycles. The molecule has 0 fully saturated rings. The maximum Gasteiger partial charge on any atom is 0.341 e. The Hall–Kier alpha value is -3.83. The van der Waals surface area contributed by atoms with Gasteiger partial charge in [0.15, 0.2) is 0 Å². The van der Waals surface area contributed by atoms with Crippen LogP contribution < -0.4 is 16.4 Å². The van der Waals surface area contributed by atoms with Gasteiger partial charge in [0, 0.05) is 24.7 Å². The Morgan fingerprint density at radius 3 is 2.81 bits per heavy atom. The Bertz CT molecular complexity index is 1630. The molecule has 0 saturated heterocycles. The average Bonchev–Trinajstić information content (AvgIpc) is 3.25. The number of hydrogen-bond donors (Lipinski definition) is 2. The second-order valence-electron chi connectivity index (χ2n) is 8.49. The van der Waals surface area contributed by atoms with E-state index in [4.69, 9.17) is 14.9 Å². The zero-order valence-corrected chi connectivity index (χ0v) is 20.7. The summed E-state index contributed by atoms with van der Waals surface area (Å²) in [6.45, 7) is 0.486. The Morgan fingerprint density at radius 1 is 1.22 bits per heavy atom. The van der Waals surface area contributed by atoms with E-state index in [1.165, 1.54) is 40.6 Å². The number of pyridine rings is 2. The zero-order valence-electron chi connectivity index (χ0n) is 19.9. The van der Waals surface area contributed by atoms with Crippen LogP contribution in [0.15, 0.2) is 35.3 Å². The molecule has 186 valence electrons. The number of nitrogens with zero attached hydrogens (tertiary/aromatic N) is 3. The molecule has 11 heteroatoms. The van der Waals surface area contributed by atoms with Crippen molar-refractivity contribution in [2.75, 3.05) is 26.1 Å². The molecule has 1 aliphatic rings. The van der Waals surface area contributed by atoms with Gasteiger partial charge in [0.1, 0.15) is 21.8 Å². The van der Waals surface area contributed by atoms with E-state index in [1.54, 1.807) is 24.4 Å². The summed E-state index contributed by atoms with van der Waals surface area (Å²) in [6.07, 6.45) is 5.18. The van der Waals surface area contributed by atoms with Gasteiger partial charge in [-0.15, -0.1) is 11.3 Å². The fourth-order valence-corrected chi connectivity index (χ4v) is 5.88. The summed E-state index contributed by atoms with van der Waals surface area (Å²) in [4.78, 5) is 45.0. The molecule has 0 aromatic carbocycles. The Labute approximate surface area is 209 Å². The number of ether oxygens (including phenoxy) is 2. The third-order valence-corrected chi connectivity index (χ3v) is 7.58. The summed E-state index contributed by atoms with van der Waals surface area (Å²) in [7, 11) is 2.85. The molecule has 1 aliphatic carbocycles. The van der Waals surface area contributed by atoms with Crippen LogP contribution in [0.2, 0.25) is 0 Å². The van der Waals surface area contributed by atoms with E-state index in [-0.39, 0.29) is 35.1 Å². The number of thiophene rings is 1. The summed E-state index contributed by atoms with van der Waals surface area (Å²) >= 11 is 1.36. The number of anilines is 1. The molecule has 5 rings (SSSR count). The van der Waals surface area contributed by atoms with Gasteiger partial charge in [-0.1, -0.05) is 6.07 Å². The van der Waals surface area contributed by atoms with Crippen molar-refractivity contribution < 1.29 is 19.1 Å². The predicted molar refractivity (Wildman–Crippen MR) is 135 cm³/mol. The number of rotatable bonds is 6. The van der Waals surface area contributed by atoms with E-state index in [9.17, 15) is 14.4 Å². The largest absolute Gasteiger partial charge is 0.465 e. The summed E-state index contributed by atoms with van der Waals surface area (Å²) in [5.74, 6) is -1.09. The molecule has 1 amide bonds. The molecule has 2 N–H and O–H groups in total. The third kappa shape index (κ3) is 3.99. The maximum atomic E-state index is 13.5. The molecule has 0 aliphatic heterocycles. The van der Waals surface area contributed by atoms with Gasteiger partial charge in [0.25, 0.3) is 11.5 Å². The van der Waals surface area contributed by atoms with Crippen molar-refractivity contribution in [2.24, 2.45) is 0 Å². The molecule has 0 bridgehead atoms. The first-order valence-corrected chi connectivity index (χ1v) is 12.4. The van der Waals surface area contributed by atoms with Crippen molar-refractivity contribution in [1.29, 1.82) is 5.41 Å². The van der Waals surface area contributed by atoms with Crippen molar-refractivity contribution in [2.45, 2.75) is 32.2 Å². The van der Waals surface area contributed by atoms with E-state index in [2.05, 4.69) is 10.3 Å². The summed E-state index contributed by atoms with van der Waals surface area (Å²) in [6, 6.07) is 6.60. The smallest absolute Gasteiger partial charge is 0.341 e. The molecule has 4 aromatic rings. The highest BCUT2D eigenvalue weighted by atomic mass is 32.1. The number of fused-ring (bicyclic) bond motifs is 3. The van der Waals surface area contributed by atoms with Crippen molar-refractivity contribution in [1.82, 2.24) is 14.0 Å². The van der Waals surface area contributed by atoms with Gasteiger partial charge >= 0.3 is 5.97 Å². The second-order valence-corrected chi connectivity index (χ2v) is 9.60. The molecular weight excluding hydrogens is 482 g/mol. The lowest BCUT2D eigenvalue weighted by atomic mass is 9.95. The van der Waals surface area contributed by atoms with E-state index >= 15 is 0 Å². The van der Waals surface area contributed by atoms with Crippen LogP contribution in [0.3, 0.4) is 0 Å². The zero-order chi connectivity index (χ0) is 25.4. The number of methoxy groups -OCH3 is 2. The van der Waals surface area contributed by atoms with Crippen LogP contribution in [0.4, 0.5) is 5.00 Å². The molecule has 0 spiro atoms. The van der Waals surface area contributed by atoms with Crippen molar-refractivity contribution >= 4 is 44.9 Å². The fraction of sp³-hybridized carbons (Fsp3) is 0.320. The van der Waals surface area contributed by atoms with E-state index in [0.29, 0.717) is 21.9 Å². The molecule has 0 saturated carbocycles. The number of aromatic nitrogens is 3. The second kappa shape index (κ2) is 9.67. The predicted octanol–water partition coefficient (Wildman–Crippen LogP) is 2.75. The van der Waals surface area contributed by atoms with Crippen LogP contribution in [0.5, 0.6) is 0 Å². The summed E-state index contributed by atoms with van der Waals surface area (Å²) in [5, 5.41) is 12.2. The van der Waals surface area contributed by atoms with Gasteiger partial charge in [-0.25, -0.2) is 9.78 Å². The molecule has 0 atom stereocenters. The van der Waals surface area contributed by atoms with Crippen LogP contribution in [0, 0.1) is 5.41 Å². The van der Waals surface area contributed by atoms with Crippen molar-refractivity contribution in [3.05, 3.63) is 67.9 Å². The topological polar surface area (TPSA) is 128 Å². The Kier molecular flexibility index (Phi) is 6.42. The van der Waals surface area contributed by atoms with Gasteiger partial charge in [0.05, 0.1) is 30.2 Å². The van der Waals surface area contributed by atoms with E-state index < -0.39 is 11.9 Å². The highest BCUT2D eigenvalue weighted by molar-refractivity contribution is 7.17. The lowest BCUT2D eigenvalue weighted by molar-refractivity contribution is 0.0601. The summed E-state index contributed by atoms with van der Waals surface area (Å²) < 4.78 is 13.1. The number of carbonyl (C=O) groups excluding carboxylic acids is 2. The number of carbonyl (C=O) groups is 2. The standard InChI is InChI=1S/C25H25N5O5S/c1-34-12-11-30-20(26)15(13-16-21(30)27-18-9-5-6-10-29(18)24(16)32)22(31)28-23-19(25(33)35-2)14-7-3-4-8-17(14)36-23/h5-6,9-10,13,26H,3-4,7-8,11-12H2,1-2H3,(H,28,31). The third-order valence-electron chi connectivity index (χ3n) is 6.37. The molecule has 0 radical (unpaired) electrons. The fourth-order valence-electron chi connectivity index (χ4n) is 4.60. The first-order chi connectivity index (χ1) is 17.4. The molecule has 10 nitrogen and oxygen atoms in total. The minimum Gasteiger partial charge on any atom is -0.465 e. The number of hydrogen-bond acceptors (Lipinski definition) is 8. The Morgan fingerprint density at radius 2 is 2.03 bits per heavy atom. The average molecular weight is 508 g/mol. The van der Waals surface area contributed by atoms with E-state index in [0.717, 1.165) is 36.1 Å². The van der Waals surface area contributed by atoms with Gasteiger partial charge in [-0.2, -0.15) is 0 Å². The Balaban J connectivity index is 1.66. The first kappa shape index (κ1) is 23.9. The van der Waals surface area contributed by atoms with Crippen LogP contribution in [0.25, 0.3) is 16.7 Å². The van der Waals surface area contributed by atoms with Crippen molar-refractivity contribution in [3.8, 4) is 0 Å². The van der Waals surface area contributed by atoms with E-state index in [1.807, 2.05) is 0 Å².